The zero-order chi connectivity index (χ0) is 60.6. The molecule has 1 atom stereocenters. The Kier molecular flexibility index (Phi) is 92.7. The minimum Gasteiger partial charge on any atom is -0.481 e. The van der Waals surface area contributed by atoms with Crippen LogP contribution in [0.2, 0.25) is 0 Å². The van der Waals surface area contributed by atoms with Crippen molar-refractivity contribution in [3.8, 4) is 0 Å². The van der Waals surface area contributed by atoms with Crippen LogP contribution in [0.5, 0.6) is 0 Å². The molecule has 0 radical (unpaired) electrons. The fraction of sp³-hybridized carbons (Fsp3) is 0.889. The van der Waals surface area contributed by atoms with Crippen LogP contribution < -0.4 is 5.73 Å². The van der Waals surface area contributed by atoms with Crippen LogP contribution in [0.3, 0.4) is 0 Å². The van der Waals surface area contributed by atoms with E-state index in [9.17, 15) is 33.6 Å². The number of aliphatic carboxylic acids is 7. The van der Waals surface area contributed by atoms with Crippen LogP contribution in [0.15, 0.2) is 0 Å². The summed E-state index contributed by atoms with van der Waals surface area (Å²) in [6.07, 6.45) is 51.9. The summed E-state index contributed by atoms with van der Waals surface area (Å²) in [6.45, 7) is 14.6. The lowest BCUT2D eigenvalue weighted by atomic mass is 10.1. The molecule has 0 bridgehead atoms. The summed E-state index contributed by atoms with van der Waals surface area (Å²) >= 11 is 0. The van der Waals surface area contributed by atoms with E-state index in [2.05, 4.69) is 41.5 Å². The van der Waals surface area contributed by atoms with E-state index in [1.54, 1.807) is 0 Å². The maximum absolute atomic E-state index is 10.1. The molecule has 0 aliphatic carbocycles. The highest BCUT2D eigenvalue weighted by atomic mass is 16.4. The highest BCUT2D eigenvalue weighted by Gasteiger charge is 2.01. The first kappa shape index (κ1) is 88.1. The molecule has 468 valence electrons. The van der Waals surface area contributed by atoms with Crippen molar-refractivity contribution in [2.45, 2.75) is 363 Å². The van der Waals surface area contributed by atoms with Crippen molar-refractivity contribution in [2.75, 3.05) is 0 Å². The smallest absolute Gasteiger partial charge is 0.320 e. The second kappa shape index (κ2) is 82.1. The molecule has 0 aliphatic heterocycles. The predicted octanol–water partition coefficient (Wildman–Crippen LogP) is 18.7. The van der Waals surface area contributed by atoms with Crippen molar-refractivity contribution in [1.82, 2.24) is 0 Å². The first-order valence-corrected chi connectivity index (χ1v) is 31.6. The average Bonchev–Trinajstić information content (AvgIpc) is 3.38. The first-order chi connectivity index (χ1) is 37.3. The van der Waals surface area contributed by atoms with Gasteiger partial charge in [0.05, 0.1) is 0 Å². The summed E-state index contributed by atoms with van der Waals surface area (Å²) in [5.41, 5.74) is 4.84. The number of carboxylic acid groups (broad SMARTS) is 7. The summed E-state index contributed by atoms with van der Waals surface area (Å²) in [4.78, 5) is 70.4. The second-order valence-electron chi connectivity index (χ2n) is 20.7. The molecule has 0 spiro atoms. The lowest BCUT2D eigenvalue weighted by molar-refractivity contribution is -0.138. The first-order valence-electron chi connectivity index (χ1n) is 31.6. The Hall–Kier alpha value is -3.75. The van der Waals surface area contributed by atoms with Gasteiger partial charge in [-0.05, 0) is 45.4 Å². The van der Waals surface area contributed by atoms with Crippen molar-refractivity contribution in [3.05, 3.63) is 0 Å². The van der Waals surface area contributed by atoms with E-state index in [0.717, 1.165) is 77.0 Å². The van der Waals surface area contributed by atoms with Crippen LogP contribution in [-0.2, 0) is 33.6 Å². The fourth-order valence-corrected chi connectivity index (χ4v) is 7.40. The van der Waals surface area contributed by atoms with Crippen molar-refractivity contribution in [3.63, 3.8) is 0 Å². The number of carbonyl (C=O) groups is 7. The van der Waals surface area contributed by atoms with E-state index in [0.29, 0.717) is 38.5 Å². The zero-order valence-corrected chi connectivity index (χ0v) is 51.6. The van der Waals surface area contributed by atoms with Crippen molar-refractivity contribution < 1.29 is 69.3 Å². The highest BCUT2D eigenvalue weighted by molar-refractivity contribution is 5.72. The molecule has 15 nitrogen and oxygen atoms in total. The second-order valence-corrected chi connectivity index (χ2v) is 20.7. The van der Waals surface area contributed by atoms with Gasteiger partial charge in [-0.15, -0.1) is 0 Å². The molecule has 0 aliphatic rings. The van der Waals surface area contributed by atoms with Crippen LogP contribution >= 0.6 is 0 Å². The van der Waals surface area contributed by atoms with Crippen molar-refractivity contribution in [2.24, 2.45) is 5.73 Å². The lowest BCUT2D eigenvalue weighted by Crippen LogP contribution is -2.25. The SMILES string of the molecule is CC(N)C(=O)O.CCCCCCCCCC(=O)O.CCCCCCCCCC(=O)O.CCCCCCCCCC(=O)O.CCCCCCCCCC(=O)O.CCCCCCCCCC(=O)O.CCCCCCCCCC(=O)O. The number of nitrogens with two attached hydrogens (primary N) is 1. The third kappa shape index (κ3) is 125. The molecule has 0 aromatic heterocycles. The molecule has 0 saturated carbocycles. The van der Waals surface area contributed by atoms with Gasteiger partial charge in [0.15, 0.2) is 0 Å². The fourth-order valence-electron chi connectivity index (χ4n) is 7.40. The Morgan fingerprint density at radius 2 is 0.321 bits per heavy atom. The van der Waals surface area contributed by atoms with Gasteiger partial charge in [0, 0.05) is 38.5 Å². The van der Waals surface area contributed by atoms with Crippen LogP contribution in [-0.4, -0.2) is 83.6 Å². The summed E-state index contributed by atoms with van der Waals surface area (Å²) < 4.78 is 0. The topological polar surface area (TPSA) is 287 Å². The highest BCUT2D eigenvalue weighted by Crippen LogP contribution is 2.12. The van der Waals surface area contributed by atoms with Gasteiger partial charge in [0.25, 0.3) is 0 Å². The van der Waals surface area contributed by atoms with E-state index in [1.807, 2.05) is 0 Å². The maximum Gasteiger partial charge on any atom is 0.320 e. The molecule has 0 heterocycles. The standard InChI is InChI=1S/6C10H20O2.C3H7NO2/c6*1-2-3-4-5-6-7-8-9-10(11)12;1-2(4)3(5)6/h6*2-9H2,1H3,(H,11,12);2H,4H2,1H3,(H,5,6). The van der Waals surface area contributed by atoms with E-state index in [4.69, 9.17) is 41.5 Å². The lowest BCUT2D eigenvalue weighted by Gasteiger charge is -1.98. The number of rotatable bonds is 49. The maximum atomic E-state index is 10.1. The Morgan fingerprint density at radius 1 is 0.231 bits per heavy atom. The third-order valence-corrected chi connectivity index (χ3v) is 12.4. The van der Waals surface area contributed by atoms with Gasteiger partial charge < -0.3 is 41.5 Å². The number of hydrogen-bond acceptors (Lipinski definition) is 8. The van der Waals surface area contributed by atoms with E-state index < -0.39 is 47.8 Å². The zero-order valence-electron chi connectivity index (χ0n) is 51.6. The van der Waals surface area contributed by atoms with Crippen LogP contribution in [0.1, 0.15) is 357 Å². The minimum absolute atomic E-state index is 0.341. The molecular formula is C63H127NO14. The van der Waals surface area contributed by atoms with Crippen LogP contribution in [0.4, 0.5) is 0 Å². The van der Waals surface area contributed by atoms with Gasteiger partial charge in [-0.3, -0.25) is 33.6 Å². The van der Waals surface area contributed by atoms with Crippen LogP contribution in [0.25, 0.3) is 0 Å². The van der Waals surface area contributed by atoms with Gasteiger partial charge in [-0.25, -0.2) is 0 Å². The third-order valence-electron chi connectivity index (χ3n) is 12.4. The minimum atomic E-state index is -0.963. The monoisotopic (exact) mass is 1120 g/mol. The number of hydrogen-bond donors (Lipinski definition) is 8. The Labute approximate surface area is 477 Å². The molecule has 78 heavy (non-hydrogen) atoms. The molecular weight excluding hydrogens is 995 g/mol. The van der Waals surface area contributed by atoms with E-state index >= 15 is 0 Å². The summed E-state index contributed by atoms with van der Waals surface area (Å²) in [7, 11) is 0. The molecule has 0 amide bonds. The van der Waals surface area contributed by atoms with E-state index in [1.165, 1.54) is 200 Å². The predicted molar refractivity (Wildman–Crippen MR) is 323 cm³/mol. The Bertz CT molecular complexity index is 1030. The normalized spacial score (nSPS) is 10.4. The molecule has 0 rings (SSSR count). The van der Waals surface area contributed by atoms with Gasteiger partial charge >= 0.3 is 41.8 Å². The number of unbranched alkanes of at least 4 members (excludes halogenated alkanes) is 36. The molecule has 0 saturated heterocycles. The Balaban J connectivity index is -0.000000152. The van der Waals surface area contributed by atoms with Crippen molar-refractivity contribution in [1.29, 1.82) is 0 Å². The van der Waals surface area contributed by atoms with Gasteiger partial charge in [-0.2, -0.15) is 0 Å². The van der Waals surface area contributed by atoms with Gasteiger partial charge in [0.1, 0.15) is 6.04 Å². The van der Waals surface area contributed by atoms with Crippen molar-refractivity contribution >= 4 is 41.8 Å². The van der Waals surface area contributed by atoms with Gasteiger partial charge in [0.2, 0.25) is 0 Å². The quantitative estimate of drug-likeness (QED) is 0.0263. The largest absolute Gasteiger partial charge is 0.481 e. The molecule has 1 unspecified atom stereocenters. The van der Waals surface area contributed by atoms with Crippen LogP contribution in [0, 0.1) is 0 Å². The van der Waals surface area contributed by atoms with Gasteiger partial charge in [-0.1, -0.05) is 273 Å². The molecule has 9 N–H and O–H groups in total. The molecule has 0 aromatic carbocycles. The molecule has 0 aromatic rings. The number of carboxylic acids is 7. The van der Waals surface area contributed by atoms with E-state index in [-0.39, 0.29) is 0 Å². The molecule has 0 fully saturated rings. The summed E-state index contributed by atoms with van der Waals surface area (Å²) in [6, 6.07) is -0.731. The molecule has 15 heteroatoms. The average molecular weight is 1120 g/mol. The summed E-state index contributed by atoms with van der Waals surface area (Å²) in [5.74, 6) is -4.94. The summed E-state index contributed by atoms with van der Waals surface area (Å²) in [5, 5.41) is 58.0. The Morgan fingerprint density at radius 3 is 0.397 bits per heavy atom.